The summed E-state index contributed by atoms with van der Waals surface area (Å²) in [5, 5.41) is 0. The average Bonchev–Trinajstić information content (AvgIpc) is 2.39. The summed E-state index contributed by atoms with van der Waals surface area (Å²) in [6, 6.07) is 12.2. The minimum absolute atomic E-state index is 0.669. The molecule has 0 N–H and O–H groups in total. The Labute approximate surface area is 112 Å². The lowest BCUT2D eigenvalue weighted by atomic mass is 10.0. The maximum absolute atomic E-state index is 2.63. The summed E-state index contributed by atoms with van der Waals surface area (Å²) in [4.78, 5) is 5.24. The summed E-state index contributed by atoms with van der Waals surface area (Å²) in [5.41, 5.74) is 1.46. The Morgan fingerprint density at radius 2 is 1.89 bits per heavy atom. The minimum atomic E-state index is 0.669. The van der Waals surface area contributed by atoms with Gasteiger partial charge < -0.3 is 0 Å². The van der Waals surface area contributed by atoms with Gasteiger partial charge >= 0.3 is 0 Å². The number of piperazine rings is 1. The van der Waals surface area contributed by atoms with Gasteiger partial charge in [0.2, 0.25) is 0 Å². The van der Waals surface area contributed by atoms with Crippen molar-refractivity contribution in [2.75, 3.05) is 26.2 Å². The Hall–Kier alpha value is -0.860. The van der Waals surface area contributed by atoms with Crippen LogP contribution < -0.4 is 0 Å². The number of hydrogen-bond acceptors (Lipinski definition) is 2. The van der Waals surface area contributed by atoms with Gasteiger partial charge in [0, 0.05) is 31.7 Å². The molecule has 1 aliphatic rings. The number of nitrogens with zero attached hydrogens (tertiary/aromatic N) is 2. The van der Waals surface area contributed by atoms with E-state index < -0.39 is 0 Å². The van der Waals surface area contributed by atoms with Gasteiger partial charge in [-0.15, -0.1) is 0 Å². The monoisotopic (exact) mass is 246 g/mol. The van der Waals surface area contributed by atoms with Crippen LogP contribution in [0, 0.1) is 0 Å². The Kier molecular flexibility index (Phi) is 4.79. The second kappa shape index (κ2) is 6.35. The zero-order valence-corrected chi connectivity index (χ0v) is 12.0. The Morgan fingerprint density at radius 3 is 2.50 bits per heavy atom. The molecule has 1 aliphatic heterocycles. The van der Waals surface area contributed by atoms with Crippen LogP contribution in [0.2, 0.25) is 0 Å². The molecule has 0 aromatic heterocycles. The summed E-state index contributed by atoms with van der Waals surface area (Å²) < 4.78 is 0. The van der Waals surface area contributed by atoms with E-state index in [2.05, 4.69) is 60.9 Å². The van der Waals surface area contributed by atoms with Crippen molar-refractivity contribution in [2.45, 2.75) is 39.3 Å². The zero-order valence-electron chi connectivity index (χ0n) is 12.0. The van der Waals surface area contributed by atoms with Crippen LogP contribution in [0.15, 0.2) is 30.3 Å². The molecule has 18 heavy (non-hydrogen) atoms. The van der Waals surface area contributed by atoms with Crippen molar-refractivity contribution >= 4 is 0 Å². The fourth-order valence-electron chi connectivity index (χ4n) is 2.88. The highest BCUT2D eigenvalue weighted by molar-refractivity contribution is 5.16. The summed E-state index contributed by atoms with van der Waals surface area (Å²) in [6.07, 6.45) is 1.18. The van der Waals surface area contributed by atoms with Gasteiger partial charge in [0.25, 0.3) is 0 Å². The lowest BCUT2D eigenvalue weighted by molar-refractivity contribution is 0.0603. The van der Waals surface area contributed by atoms with Crippen molar-refractivity contribution in [2.24, 2.45) is 0 Å². The van der Waals surface area contributed by atoms with Gasteiger partial charge in [-0.3, -0.25) is 9.80 Å². The quantitative estimate of drug-likeness (QED) is 0.806. The highest BCUT2D eigenvalue weighted by atomic mass is 15.3. The van der Waals surface area contributed by atoms with Crippen molar-refractivity contribution in [1.82, 2.24) is 9.80 Å². The fourth-order valence-corrected chi connectivity index (χ4v) is 2.88. The minimum Gasteiger partial charge on any atom is -0.298 e. The van der Waals surface area contributed by atoms with Crippen LogP contribution in [0.1, 0.15) is 26.3 Å². The molecule has 2 heteroatoms. The topological polar surface area (TPSA) is 6.48 Å². The molecule has 0 bridgehead atoms. The van der Waals surface area contributed by atoms with E-state index in [0.717, 1.165) is 0 Å². The first-order chi connectivity index (χ1) is 8.70. The van der Waals surface area contributed by atoms with Gasteiger partial charge in [0.15, 0.2) is 0 Å². The second-order valence-electron chi connectivity index (χ2n) is 5.56. The highest BCUT2D eigenvalue weighted by Crippen LogP contribution is 2.16. The van der Waals surface area contributed by atoms with Crippen molar-refractivity contribution in [3.05, 3.63) is 35.9 Å². The highest BCUT2D eigenvalue weighted by Gasteiger charge is 2.26. The average molecular weight is 246 g/mol. The van der Waals surface area contributed by atoms with Crippen molar-refractivity contribution < 1.29 is 0 Å². The van der Waals surface area contributed by atoms with Crippen LogP contribution in [-0.2, 0) is 6.42 Å². The van der Waals surface area contributed by atoms with E-state index in [9.17, 15) is 0 Å². The Balaban J connectivity index is 2.02. The molecule has 2 nitrogen and oxygen atoms in total. The van der Waals surface area contributed by atoms with E-state index in [1.165, 1.54) is 38.2 Å². The lowest BCUT2D eigenvalue weighted by Gasteiger charge is -2.43. The molecule has 1 aromatic rings. The van der Waals surface area contributed by atoms with Gasteiger partial charge in [-0.1, -0.05) is 37.3 Å². The van der Waals surface area contributed by atoms with Crippen molar-refractivity contribution in [3.8, 4) is 0 Å². The SMILES string of the molecule is CCN1CCN(C(C)C)CC1Cc1ccccc1. The van der Waals surface area contributed by atoms with Crippen LogP contribution in [0.5, 0.6) is 0 Å². The number of rotatable bonds is 4. The van der Waals surface area contributed by atoms with E-state index in [1.54, 1.807) is 0 Å². The Morgan fingerprint density at radius 1 is 1.17 bits per heavy atom. The predicted molar refractivity (Wildman–Crippen MR) is 77.9 cm³/mol. The maximum Gasteiger partial charge on any atom is 0.0264 e. The van der Waals surface area contributed by atoms with Crippen LogP contribution >= 0.6 is 0 Å². The third kappa shape index (κ3) is 3.33. The molecule has 1 atom stereocenters. The van der Waals surface area contributed by atoms with Crippen LogP contribution in [0.25, 0.3) is 0 Å². The molecule has 100 valence electrons. The van der Waals surface area contributed by atoms with Gasteiger partial charge in [0.1, 0.15) is 0 Å². The first-order valence-corrected chi connectivity index (χ1v) is 7.22. The first-order valence-electron chi connectivity index (χ1n) is 7.22. The van der Waals surface area contributed by atoms with E-state index in [4.69, 9.17) is 0 Å². The van der Waals surface area contributed by atoms with Crippen LogP contribution in [0.3, 0.4) is 0 Å². The van der Waals surface area contributed by atoms with Crippen molar-refractivity contribution in [1.29, 1.82) is 0 Å². The molecule has 1 heterocycles. The van der Waals surface area contributed by atoms with Crippen LogP contribution in [0.4, 0.5) is 0 Å². The van der Waals surface area contributed by atoms with Crippen LogP contribution in [-0.4, -0.2) is 48.1 Å². The van der Waals surface area contributed by atoms with Crippen molar-refractivity contribution in [3.63, 3.8) is 0 Å². The fraction of sp³-hybridized carbons (Fsp3) is 0.625. The molecule has 1 aromatic carbocycles. The third-order valence-corrected chi connectivity index (χ3v) is 4.09. The van der Waals surface area contributed by atoms with Gasteiger partial charge in [0.05, 0.1) is 0 Å². The molecule has 0 aliphatic carbocycles. The number of hydrogen-bond donors (Lipinski definition) is 0. The smallest absolute Gasteiger partial charge is 0.0264 e. The molecule has 0 saturated carbocycles. The van der Waals surface area contributed by atoms with E-state index in [1.807, 2.05) is 0 Å². The molecular weight excluding hydrogens is 220 g/mol. The summed E-state index contributed by atoms with van der Waals surface area (Å²) in [6.45, 7) is 11.7. The Bertz CT molecular complexity index is 347. The molecular formula is C16H26N2. The first kappa shape index (κ1) is 13.6. The van der Waals surface area contributed by atoms with Gasteiger partial charge in [-0.05, 0) is 32.4 Å². The predicted octanol–water partition coefficient (Wildman–Crippen LogP) is 2.64. The molecule has 1 fully saturated rings. The normalized spacial score (nSPS) is 22.6. The summed E-state index contributed by atoms with van der Waals surface area (Å²) in [7, 11) is 0. The molecule has 0 spiro atoms. The lowest BCUT2D eigenvalue weighted by Crippen LogP contribution is -2.55. The number of likely N-dealkylation sites (N-methyl/N-ethyl adjacent to an activating group) is 1. The zero-order chi connectivity index (χ0) is 13.0. The molecule has 0 radical (unpaired) electrons. The van der Waals surface area contributed by atoms with E-state index in [0.29, 0.717) is 12.1 Å². The molecule has 2 rings (SSSR count). The maximum atomic E-state index is 2.63. The van der Waals surface area contributed by atoms with Gasteiger partial charge in [-0.2, -0.15) is 0 Å². The van der Waals surface area contributed by atoms with Gasteiger partial charge in [-0.25, -0.2) is 0 Å². The van der Waals surface area contributed by atoms with E-state index in [-0.39, 0.29) is 0 Å². The standard InChI is InChI=1S/C16H26N2/c1-4-17-10-11-18(14(2)3)13-16(17)12-15-8-6-5-7-9-15/h5-9,14,16H,4,10-13H2,1-3H3. The molecule has 1 unspecified atom stereocenters. The summed E-state index contributed by atoms with van der Waals surface area (Å²) in [5.74, 6) is 0. The third-order valence-electron chi connectivity index (χ3n) is 4.09. The van der Waals surface area contributed by atoms with E-state index >= 15 is 0 Å². The molecule has 0 amide bonds. The second-order valence-corrected chi connectivity index (χ2v) is 5.56. The largest absolute Gasteiger partial charge is 0.298 e. The summed E-state index contributed by atoms with van der Waals surface area (Å²) >= 11 is 0. The number of benzene rings is 1. The molecule has 1 saturated heterocycles.